The predicted octanol–water partition coefficient (Wildman–Crippen LogP) is 4.57. The summed E-state index contributed by atoms with van der Waals surface area (Å²) in [5.41, 5.74) is 0.0639. The molecular formula is C20H24F4O5. The Morgan fingerprint density at radius 1 is 1.00 bits per heavy atom. The zero-order valence-electron chi connectivity index (χ0n) is 16.0. The number of ether oxygens (including phenoxy) is 5. The molecule has 0 spiro atoms. The first-order valence-electron chi connectivity index (χ1n) is 9.49. The number of rotatable bonds is 7. The van der Waals surface area contributed by atoms with Crippen LogP contribution < -0.4 is 4.74 Å². The first kappa shape index (κ1) is 22.0. The van der Waals surface area contributed by atoms with Crippen LogP contribution in [0.15, 0.2) is 24.3 Å². The summed E-state index contributed by atoms with van der Waals surface area (Å²) in [5, 5.41) is 0. The van der Waals surface area contributed by atoms with Crippen molar-refractivity contribution < 1.29 is 41.2 Å². The molecule has 2 heterocycles. The van der Waals surface area contributed by atoms with Gasteiger partial charge in [-0.05, 0) is 31.9 Å². The zero-order valence-corrected chi connectivity index (χ0v) is 16.0. The average Bonchev–Trinajstić information content (AvgIpc) is 2.70. The van der Waals surface area contributed by atoms with Gasteiger partial charge in [0.25, 0.3) is 0 Å². The van der Waals surface area contributed by atoms with E-state index in [1.54, 1.807) is 0 Å². The summed E-state index contributed by atoms with van der Waals surface area (Å²) in [6.07, 6.45) is 4.22. The SMILES string of the molecule is C/C=C\[C@H]1CO[C@H](CCC2COC(c3cc(F)c(OC(F)F)c(F)c3)OC2)OC1. The molecule has 29 heavy (non-hydrogen) atoms. The van der Waals surface area contributed by atoms with Gasteiger partial charge in [-0.3, -0.25) is 0 Å². The Bertz CT molecular complexity index is 660. The molecular weight excluding hydrogens is 396 g/mol. The summed E-state index contributed by atoms with van der Waals surface area (Å²) in [6, 6.07) is 1.74. The lowest BCUT2D eigenvalue weighted by Crippen LogP contribution is -2.33. The lowest BCUT2D eigenvalue weighted by atomic mass is 10.0. The minimum absolute atomic E-state index is 0.0639. The van der Waals surface area contributed by atoms with Crippen LogP contribution in [0.2, 0.25) is 0 Å². The first-order chi connectivity index (χ1) is 14.0. The largest absolute Gasteiger partial charge is 0.429 e. The maximum Gasteiger partial charge on any atom is 0.387 e. The van der Waals surface area contributed by atoms with E-state index in [0.29, 0.717) is 32.8 Å². The topological polar surface area (TPSA) is 46.2 Å². The Kier molecular flexibility index (Phi) is 7.88. The molecule has 2 fully saturated rings. The highest BCUT2D eigenvalue weighted by molar-refractivity contribution is 5.32. The van der Waals surface area contributed by atoms with Crippen molar-refractivity contribution in [1.82, 2.24) is 0 Å². The van der Waals surface area contributed by atoms with Crippen LogP contribution in [-0.2, 0) is 18.9 Å². The predicted molar refractivity (Wildman–Crippen MR) is 94.4 cm³/mol. The Morgan fingerprint density at radius 2 is 1.62 bits per heavy atom. The van der Waals surface area contributed by atoms with E-state index in [1.165, 1.54) is 0 Å². The summed E-state index contributed by atoms with van der Waals surface area (Å²) in [6.45, 7) is 0.540. The third kappa shape index (κ3) is 6.15. The zero-order chi connectivity index (χ0) is 20.8. The third-order valence-electron chi connectivity index (χ3n) is 4.73. The van der Waals surface area contributed by atoms with E-state index in [-0.39, 0.29) is 23.7 Å². The van der Waals surface area contributed by atoms with Crippen molar-refractivity contribution in [1.29, 1.82) is 0 Å². The molecule has 0 saturated carbocycles. The summed E-state index contributed by atoms with van der Waals surface area (Å²) in [5.74, 6) is -3.24. The van der Waals surface area contributed by atoms with Gasteiger partial charge in [0.1, 0.15) is 0 Å². The van der Waals surface area contributed by atoms with Gasteiger partial charge in [0.05, 0.1) is 26.4 Å². The van der Waals surface area contributed by atoms with Gasteiger partial charge in [0, 0.05) is 17.4 Å². The molecule has 0 radical (unpaired) electrons. The van der Waals surface area contributed by atoms with Crippen LogP contribution in [0.4, 0.5) is 17.6 Å². The molecule has 0 aliphatic carbocycles. The monoisotopic (exact) mass is 420 g/mol. The van der Waals surface area contributed by atoms with Crippen molar-refractivity contribution >= 4 is 0 Å². The van der Waals surface area contributed by atoms with E-state index in [1.807, 2.05) is 13.0 Å². The normalized spacial score (nSPS) is 28.2. The molecule has 1 aromatic rings. The number of benzene rings is 1. The van der Waals surface area contributed by atoms with E-state index in [0.717, 1.165) is 18.6 Å². The molecule has 2 saturated heterocycles. The number of hydrogen-bond donors (Lipinski definition) is 0. The molecule has 0 atom stereocenters. The molecule has 2 aliphatic heterocycles. The minimum atomic E-state index is -3.32. The van der Waals surface area contributed by atoms with Crippen molar-refractivity contribution in [2.75, 3.05) is 26.4 Å². The van der Waals surface area contributed by atoms with Gasteiger partial charge in [-0.15, -0.1) is 0 Å². The minimum Gasteiger partial charge on any atom is -0.429 e. The summed E-state index contributed by atoms with van der Waals surface area (Å²) < 4.78 is 78.5. The molecule has 0 bridgehead atoms. The van der Waals surface area contributed by atoms with Gasteiger partial charge < -0.3 is 23.7 Å². The van der Waals surface area contributed by atoms with Crippen molar-refractivity contribution in [2.45, 2.75) is 39.0 Å². The van der Waals surface area contributed by atoms with Crippen molar-refractivity contribution in [2.24, 2.45) is 11.8 Å². The van der Waals surface area contributed by atoms with Gasteiger partial charge in [-0.25, -0.2) is 8.78 Å². The van der Waals surface area contributed by atoms with Crippen LogP contribution in [0.3, 0.4) is 0 Å². The third-order valence-corrected chi connectivity index (χ3v) is 4.73. The van der Waals surface area contributed by atoms with E-state index < -0.39 is 30.3 Å². The average molecular weight is 420 g/mol. The number of allylic oxidation sites excluding steroid dienone is 1. The van der Waals surface area contributed by atoms with Gasteiger partial charge in [-0.1, -0.05) is 12.2 Å². The lowest BCUT2D eigenvalue weighted by Gasteiger charge is -2.32. The Balaban J connectivity index is 1.45. The maximum absolute atomic E-state index is 13.9. The van der Waals surface area contributed by atoms with Gasteiger partial charge in [0.15, 0.2) is 30.0 Å². The van der Waals surface area contributed by atoms with Gasteiger partial charge in [0.2, 0.25) is 0 Å². The molecule has 5 nitrogen and oxygen atoms in total. The summed E-state index contributed by atoms with van der Waals surface area (Å²) in [4.78, 5) is 0. The van der Waals surface area contributed by atoms with Crippen LogP contribution in [-0.4, -0.2) is 39.3 Å². The van der Waals surface area contributed by atoms with Crippen molar-refractivity contribution in [3.63, 3.8) is 0 Å². The molecule has 0 amide bonds. The van der Waals surface area contributed by atoms with Gasteiger partial charge in [-0.2, -0.15) is 8.78 Å². The summed E-state index contributed by atoms with van der Waals surface area (Å²) >= 11 is 0. The maximum atomic E-state index is 13.9. The Labute approximate surface area is 166 Å². The molecule has 1 aromatic carbocycles. The Morgan fingerprint density at radius 3 is 2.17 bits per heavy atom. The number of halogens is 4. The quantitative estimate of drug-likeness (QED) is 0.478. The fraction of sp³-hybridized carbons (Fsp3) is 0.600. The highest BCUT2D eigenvalue weighted by Crippen LogP contribution is 2.32. The van der Waals surface area contributed by atoms with Crippen molar-refractivity contribution in [3.8, 4) is 5.75 Å². The number of hydrogen-bond acceptors (Lipinski definition) is 5. The standard InChI is InChI=1S/C20H24F4O5/c1-2-3-12-8-25-17(26-9-12)5-4-13-10-27-19(28-11-13)14-6-15(21)18(16(22)7-14)29-20(23)24/h2-3,6-7,12-13,17,19-20H,4-5,8-11H2,1H3/b3-2-/t12-,13?,17-,19?. The Hall–Kier alpha value is -1.68. The van der Waals surface area contributed by atoms with Crippen LogP contribution in [0.25, 0.3) is 0 Å². The van der Waals surface area contributed by atoms with E-state index in [4.69, 9.17) is 18.9 Å². The molecule has 0 N–H and O–H groups in total. The molecule has 9 heteroatoms. The lowest BCUT2D eigenvalue weighted by molar-refractivity contribution is -0.217. The van der Waals surface area contributed by atoms with Crippen LogP contribution >= 0.6 is 0 Å². The van der Waals surface area contributed by atoms with E-state index >= 15 is 0 Å². The fourth-order valence-corrected chi connectivity index (χ4v) is 3.30. The highest BCUT2D eigenvalue weighted by Gasteiger charge is 2.28. The van der Waals surface area contributed by atoms with Crippen LogP contribution in [0.5, 0.6) is 5.75 Å². The second-order valence-corrected chi connectivity index (χ2v) is 7.02. The van der Waals surface area contributed by atoms with Crippen LogP contribution in [0, 0.1) is 23.5 Å². The first-order valence-corrected chi connectivity index (χ1v) is 9.49. The van der Waals surface area contributed by atoms with Crippen molar-refractivity contribution in [3.05, 3.63) is 41.5 Å². The molecule has 0 aromatic heterocycles. The van der Waals surface area contributed by atoms with Gasteiger partial charge >= 0.3 is 6.61 Å². The highest BCUT2D eigenvalue weighted by atomic mass is 19.3. The second-order valence-electron chi connectivity index (χ2n) is 7.02. The smallest absolute Gasteiger partial charge is 0.387 e. The molecule has 162 valence electrons. The molecule has 0 unspecified atom stereocenters. The van der Waals surface area contributed by atoms with E-state index in [9.17, 15) is 17.6 Å². The fourth-order valence-electron chi connectivity index (χ4n) is 3.30. The second kappa shape index (κ2) is 10.4. The summed E-state index contributed by atoms with van der Waals surface area (Å²) in [7, 11) is 0. The molecule has 2 aliphatic rings. The van der Waals surface area contributed by atoms with E-state index in [2.05, 4.69) is 10.8 Å². The molecule has 3 rings (SSSR count). The van der Waals surface area contributed by atoms with Crippen LogP contribution in [0.1, 0.15) is 31.6 Å². The number of alkyl halides is 2.